The second kappa shape index (κ2) is 10.6. The summed E-state index contributed by atoms with van der Waals surface area (Å²) >= 11 is 6.31. The van der Waals surface area contributed by atoms with Crippen molar-refractivity contribution in [3.05, 3.63) is 82.3 Å². The van der Waals surface area contributed by atoms with Gasteiger partial charge in [0.05, 0.1) is 37.1 Å². The Morgan fingerprint density at radius 2 is 2.02 bits per heavy atom. The summed E-state index contributed by atoms with van der Waals surface area (Å²) in [5, 5.41) is 4.61. The second-order valence-electron chi connectivity index (χ2n) is 11.1. The van der Waals surface area contributed by atoms with E-state index in [-0.39, 0.29) is 29.6 Å². The molecule has 1 spiro atoms. The molecule has 3 aliphatic rings. The van der Waals surface area contributed by atoms with Crippen LogP contribution in [0.1, 0.15) is 43.0 Å². The van der Waals surface area contributed by atoms with Crippen LogP contribution in [-0.4, -0.2) is 66.1 Å². The first-order chi connectivity index (χ1) is 20.1. The van der Waals surface area contributed by atoms with Gasteiger partial charge in [0.25, 0.3) is 0 Å². The van der Waals surface area contributed by atoms with Gasteiger partial charge in [-0.1, -0.05) is 29.7 Å². The first-order valence-electron chi connectivity index (χ1n) is 13.8. The Balaban J connectivity index is 1.43. The lowest BCUT2D eigenvalue weighted by molar-refractivity contribution is -0.0529. The molecule has 1 saturated heterocycles. The maximum absolute atomic E-state index is 14.7. The van der Waals surface area contributed by atoms with Crippen LogP contribution in [0.25, 0.3) is 11.8 Å². The molecule has 222 valence electrons. The standard InChI is InChI=1S/C30H32ClFN4O5S/c1-4-42(37,38)10-9-30(22-13-23(31)15-24(32)14-22)18-40-34-28-27(41-29(7-8-29)17-36(28)30)12-21-5-6-25(26(11-21)39-3)35-16-20(2)33-19-35/h5-6,11-16,19H,4,7-10,17-18H2,1-3H3/b27-12-. The number of aromatic nitrogens is 2. The van der Waals surface area contributed by atoms with E-state index in [1.165, 1.54) is 12.1 Å². The lowest BCUT2D eigenvalue weighted by Gasteiger charge is -2.51. The van der Waals surface area contributed by atoms with Crippen LogP contribution in [0.3, 0.4) is 0 Å². The quantitative estimate of drug-likeness (QED) is 0.342. The van der Waals surface area contributed by atoms with Crippen molar-refractivity contribution in [2.75, 3.05) is 31.8 Å². The highest BCUT2D eigenvalue weighted by atomic mass is 35.5. The van der Waals surface area contributed by atoms with Crippen LogP contribution in [0.5, 0.6) is 5.75 Å². The second-order valence-corrected chi connectivity index (χ2v) is 14.0. The summed E-state index contributed by atoms with van der Waals surface area (Å²) in [6.07, 6.45) is 7.33. The van der Waals surface area contributed by atoms with Crippen molar-refractivity contribution in [2.45, 2.75) is 44.2 Å². The van der Waals surface area contributed by atoms with E-state index >= 15 is 0 Å². The lowest BCUT2D eigenvalue weighted by Crippen LogP contribution is -2.61. The fraction of sp³-hybridized carbons (Fsp3) is 0.400. The summed E-state index contributed by atoms with van der Waals surface area (Å²) < 4.78 is 54.3. The minimum absolute atomic E-state index is 0.00343. The van der Waals surface area contributed by atoms with Crippen LogP contribution in [0.4, 0.5) is 4.39 Å². The number of benzene rings is 2. The zero-order valence-corrected chi connectivity index (χ0v) is 25.2. The summed E-state index contributed by atoms with van der Waals surface area (Å²) in [7, 11) is -1.74. The molecule has 0 N–H and O–H groups in total. The van der Waals surface area contributed by atoms with Gasteiger partial charge in [0.2, 0.25) is 5.84 Å². The number of morpholine rings is 1. The Bertz CT molecular complexity index is 1680. The molecule has 2 fully saturated rings. The number of fused-ring (bicyclic) bond motifs is 1. The van der Waals surface area contributed by atoms with Crippen LogP contribution in [0, 0.1) is 12.7 Å². The van der Waals surface area contributed by atoms with Gasteiger partial charge < -0.3 is 23.8 Å². The minimum atomic E-state index is -3.35. The monoisotopic (exact) mass is 614 g/mol. The molecule has 1 atom stereocenters. The zero-order valence-electron chi connectivity index (χ0n) is 23.6. The average Bonchev–Trinajstić information content (AvgIpc) is 3.56. The number of rotatable bonds is 8. The lowest BCUT2D eigenvalue weighted by atomic mass is 9.84. The Kier molecular flexibility index (Phi) is 7.21. The van der Waals surface area contributed by atoms with E-state index in [2.05, 4.69) is 10.1 Å². The van der Waals surface area contributed by atoms with Crippen molar-refractivity contribution in [1.29, 1.82) is 0 Å². The fourth-order valence-electron chi connectivity index (χ4n) is 5.61. The Labute approximate surface area is 249 Å². The predicted molar refractivity (Wildman–Crippen MR) is 158 cm³/mol. The first kappa shape index (κ1) is 28.5. The van der Waals surface area contributed by atoms with Crippen LogP contribution in [0.15, 0.2) is 59.8 Å². The summed E-state index contributed by atoms with van der Waals surface area (Å²) in [5.41, 5.74) is 1.56. The van der Waals surface area contributed by atoms with Crippen LogP contribution in [-0.2, 0) is 25.0 Å². The number of sulfone groups is 1. The Morgan fingerprint density at radius 3 is 2.69 bits per heavy atom. The number of amidine groups is 1. The molecule has 2 aliphatic heterocycles. The summed E-state index contributed by atoms with van der Waals surface area (Å²) in [6.45, 7) is 4.03. The third kappa shape index (κ3) is 5.35. The molecule has 0 bridgehead atoms. The first-order valence-corrected chi connectivity index (χ1v) is 16.0. The van der Waals surface area contributed by atoms with E-state index in [0.717, 1.165) is 29.8 Å². The van der Waals surface area contributed by atoms with Crippen LogP contribution >= 0.6 is 11.6 Å². The molecule has 1 aromatic heterocycles. The molecule has 9 nitrogen and oxygen atoms in total. The molecule has 1 saturated carbocycles. The van der Waals surface area contributed by atoms with Crippen molar-refractivity contribution in [3.63, 3.8) is 0 Å². The molecule has 42 heavy (non-hydrogen) atoms. The van der Waals surface area contributed by atoms with Gasteiger partial charge in [-0.25, -0.2) is 17.8 Å². The highest BCUT2D eigenvalue weighted by Crippen LogP contribution is 2.50. The van der Waals surface area contributed by atoms with E-state index < -0.39 is 26.8 Å². The van der Waals surface area contributed by atoms with Gasteiger partial charge in [-0.2, -0.15) is 0 Å². The molecule has 3 aromatic rings. The molecule has 1 aliphatic carbocycles. The third-order valence-corrected chi connectivity index (χ3v) is 10.1. The minimum Gasteiger partial charge on any atom is -0.495 e. The van der Waals surface area contributed by atoms with Crippen LogP contribution in [0.2, 0.25) is 5.02 Å². The highest BCUT2D eigenvalue weighted by molar-refractivity contribution is 7.91. The van der Waals surface area contributed by atoms with Gasteiger partial charge in [0.1, 0.15) is 39.2 Å². The number of aryl methyl sites for hydroxylation is 1. The predicted octanol–water partition coefficient (Wildman–Crippen LogP) is 5.25. The summed E-state index contributed by atoms with van der Waals surface area (Å²) in [5.74, 6) is 0.932. The van der Waals surface area contributed by atoms with E-state index in [1.807, 2.05) is 46.9 Å². The largest absolute Gasteiger partial charge is 0.495 e. The zero-order chi connectivity index (χ0) is 29.7. The third-order valence-electron chi connectivity index (χ3n) is 8.19. The van der Waals surface area contributed by atoms with Crippen molar-refractivity contribution in [2.24, 2.45) is 5.16 Å². The SMILES string of the molecule is CCS(=O)(=O)CCC1(c2cc(F)cc(Cl)c2)CON=C2/C(=C/c3ccc(-n4cnc(C)c4)c(OC)c3)OC3(CC3)CN21. The maximum atomic E-state index is 14.7. The normalized spacial score (nSPS) is 21.9. The van der Waals surface area contributed by atoms with Gasteiger partial charge in [-0.15, -0.1) is 0 Å². The molecule has 2 aromatic carbocycles. The number of imidazole rings is 1. The average molecular weight is 615 g/mol. The molecular weight excluding hydrogens is 583 g/mol. The summed E-state index contributed by atoms with van der Waals surface area (Å²) in [6, 6.07) is 10.1. The number of halogens is 2. The van der Waals surface area contributed by atoms with Crippen molar-refractivity contribution >= 4 is 33.3 Å². The van der Waals surface area contributed by atoms with Crippen molar-refractivity contribution in [1.82, 2.24) is 14.5 Å². The molecule has 3 heterocycles. The Hall–Kier alpha value is -3.57. The highest BCUT2D eigenvalue weighted by Gasteiger charge is 2.58. The molecule has 1 unspecified atom stereocenters. The van der Waals surface area contributed by atoms with Crippen molar-refractivity contribution < 1.29 is 27.1 Å². The number of hydrogen-bond donors (Lipinski definition) is 0. The van der Waals surface area contributed by atoms with E-state index in [1.54, 1.807) is 26.4 Å². The number of oxime groups is 1. The topological polar surface area (TPSA) is 95.3 Å². The van der Waals surface area contributed by atoms with E-state index in [4.69, 9.17) is 25.9 Å². The number of methoxy groups -OCH3 is 1. The molecular formula is C30H32ClFN4O5S. The van der Waals surface area contributed by atoms with Gasteiger partial charge in [-0.3, -0.25) is 0 Å². The van der Waals surface area contributed by atoms with Gasteiger partial charge in [0.15, 0.2) is 5.76 Å². The Morgan fingerprint density at radius 1 is 1.21 bits per heavy atom. The fourth-order valence-corrected chi connectivity index (χ4v) is 6.77. The summed E-state index contributed by atoms with van der Waals surface area (Å²) in [4.78, 5) is 12.1. The van der Waals surface area contributed by atoms with E-state index in [0.29, 0.717) is 29.5 Å². The molecule has 6 rings (SSSR count). The molecule has 12 heteroatoms. The number of nitrogens with zero attached hydrogens (tertiary/aromatic N) is 4. The van der Waals surface area contributed by atoms with Gasteiger partial charge >= 0.3 is 0 Å². The smallest absolute Gasteiger partial charge is 0.211 e. The van der Waals surface area contributed by atoms with E-state index in [9.17, 15) is 12.8 Å². The number of ether oxygens (including phenoxy) is 2. The number of hydrogen-bond acceptors (Lipinski definition) is 8. The van der Waals surface area contributed by atoms with Crippen LogP contribution < -0.4 is 4.74 Å². The van der Waals surface area contributed by atoms with Gasteiger partial charge in [-0.05, 0) is 73.7 Å². The molecule has 0 amide bonds. The van der Waals surface area contributed by atoms with Gasteiger partial charge in [0, 0.05) is 17.0 Å². The van der Waals surface area contributed by atoms with Crippen molar-refractivity contribution in [3.8, 4) is 11.4 Å². The molecule has 0 radical (unpaired) electrons. The maximum Gasteiger partial charge on any atom is 0.211 e.